The Morgan fingerprint density at radius 2 is 1.57 bits per heavy atom. The molecule has 1 aliphatic rings. The highest BCUT2D eigenvalue weighted by Crippen LogP contribution is 2.11. The van der Waals surface area contributed by atoms with E-state index in [-0.39, 0.29) is 18.2 Å². The largest absolute Gasteiger partial charge is 0.349 e. The number of thioether (sulfide) groups is 1. The molecule has 2 heterocycles. The quantitative estimate of drug-likeness (QED) is 0.273. The molecule has 5 N–H and O–H groups in total. The van der Waals surface area contributed by atoms with E-state index in [0.29, 0.717) is 18.6 Å². The maximum absolute atomic E-state index is 13.7. The lowest BCUT2D eigenvalue weighted by molar-refractivity contribution is -0.135. The summed E-state index contributed by atoms with van der Waals surface area (Å²) in [6.07, 6.45) is 5.46. The van der Waals surface area contributed by atoms with E-state index in [1.807, 2.05) is 36.6 Å². The summed E-state index contributed by atoms with van der Waals surface area (Å²) >= 11 is 1.50. The lowest BCUT2D eigenvalue weighted by Gasteiger charge is -2.30. The van der Waals surface area contributed by atoms with Crippen LogP contribution in [0.1, 0.15) is 50.2 Å². The first-order valence-corrected chi connectivity index (χ1v) is 17.0. The predicted octanol–water partition coefficient (Wildman–Crippen LogP) is -0.00850. The summed E-state index contributed by atoms with van der Waals surface area (Å²) in [6.45, 7) is 5.98. The fraction of sp³-hybridized carbons (Fsp3) is 0.531. The van der Waals surface area contributed by atoms with Gasteiger partial charge < -0.3 is 36.1 Å². The Kier molecular flexibility index (Phi) is 13.8. The normalized spacial score (nSPS) is 23.9. The number of benzene rings is 1. The molecule has 2 aromatic rings. The maximum atomic E-state index is 13.7. The fourth-order valence-corrected chi connectivity index (χ4v) is 5.51. The van der Waals surface area contributed by atoms with Gasteiger partial charge in [-0.1, -0.05) is 44.2 Å². The van der Waals surface area contributed by atoms with Crippen molar-refractivity contribution in [3.63, 3.8) is 0 Å². The number of nitrogens with zero attached hydrogens (tertiary/aromatic N) is 3. The van der Waals surface area contributed by atoms with Crippen LogP contribution in [0.2, 0.25) is 0 Å². The number of carbonyl (C=O) groups is 6. The Balaban J connectivity index is 2.00. The van der Waals surface area contributed by atoms with Gasteiger partial charge in [0.15, 0.2) is 0 Å². The summed E-state index contributed by atoms with van der Waals surface area (Å²) in [7, 11) is 1.71. The fourth-order valence-electron chi connectivity index (χ4n) is 5.04. The number of carbonyl (C=O) groups excluding carboxylic acids is 6. The van der Waals surface area contributed by atoms with Crippen molar-refractivity contribution in [2.24, 2.45) is 13.0 Å². The highest BCUT2D eigenvalue weighted by Gasteiger charge is 2.33. The Bertz CT molecular complexity index is 1420. The Morgan fingerprint density at radius 1 is 0.915 bits per heavy atom. The van der Waals surface area contributed by atoms with Gasteiger partial charge in [-0.3, -0.25) is 28.8 Å². The molecule has 1 aromatic heterocycles. The summed E-state index contributed by atoms with van der Waals surface area (Å²) < 4.78 is 1.60. The van der Waals surface area contributed by atoms with Gasteiger partial charge >= 0.3 is 0 Å². The average Bonchev–Trinajstić information content (AvgIpc) is 3.46. The van der Waals surface area contributed by atoms with Crippen LogP contribution in [0, 0.1) is 5.92 Å². The van der Waals surface area contributed by atoms with Crippen LogP contribution in [-0.2, 0) is 37.4 Å². The number of nitrogens with one attached hydrogen (secondary N) is 5. The van der Waals surface area contributed by atoms with Crippen molar-refractivity contribution in [2.45, 2.75) is 70.7 Å². The highest BCUT2D eigenvalue weighted by molar-refractivity contribution is 7.98. The third-order valence-electron chi connectivity index (χ3n) is 7.67. The van der Waals surface area contributed by atoms with E-state index in [2.05, 4.69) is 31.6 Å². The van der Waals surface area contributed by atoms with E-state index < -0.39 is 72.2 Å². The van der Waals surface area contributed by atoms with Gasteiger partial charge in [-0.15, -0.1) is 0 Å². The Hall–Kier alpha value is -4.40. The van der Waals surface area contributed by atoms with Crippen molar-refractivity contribution in [2.75, 3.05) is 25.1 Å². The van der Waals surface area contributed by atoms with Crippen LogP contribution < -0.4 is 26.6 Å². The molecule has 47 heavy (non-hydrogen) atoms. The van der Waals surface area contributed by atoms with Gasteiger partial charge in [0.05, 0.1) is 18.9 Å². The van der Waals surface area contributed by atoms with Crippen LogP contribution in [0.15, 0.2) is 42.9 Å². The van der Waals surface area contributed by atoms with Gasteiger partial charge in [-0.25, -0.2) is 4.98 Å². The molecule has 3 rings (SSSR count). The monoisotopic (exact) mass is 670 g/mol. The Morgan fingerprint density at radius 3 is 2.19 bits per heavy atom. The summed E-state index contributed by atoms with van der Waals surface area (Å²) in [5, 5.41) is 13.7. The molecule has 0 saturated carbocycles. The molecule has 0 aliphatic carbocycles. The molecule has 0 spiro atoms. The average molecular weight is 671 g/mol. The van der Waals surface area contributed by atoms with Gasteiger partial charge in [-0.2, -0.15) is 11.8 Å². The van der Waals surface area contributed by atoms with Crippen LogP contribution in [0.5, 0.6) is 0 Å². The topological polar surface area (TPSA) is 184 Å². The molecule has 5 atom stereocenters. The van der Waals surface area contributed by atoms with E-state index in [1.165, 1.54) is 43.0 Å². The van der Waals surface area contributed by atoms with Crippen molar-refractivity contribution < 1.29 is 28.8 Å². The number of aryl methyl sites for hydroxylation is 1. The molecule has 1 fully saturated rings. The molecule has 1 saturated heterocycles. The van der Waals surface area contributed by atoms with Crippen LogP contribution in [0.3, 0.4) is 0 Å². The standard InChI is InChI=1S/C32H46N8O6S/c1-19(2)27-31(45)37-24(12-13-47-6)30(44)35-21(4)28(42)36-23(14-22-10-8-7-9-11-22)15-40(32(46)25-16-39(5)18-33-25)17-26(41)34-20(3)29(43)38-27/h7-11,16,18-21,23-24,27H,12-15,17H2,1-6H3,(H,34,41)(H,35,44)(H,36,42)(H,37,45)(H,38,43)/t20-,21+,23-,24+,27+/m1/s1. The predicted molar refractivity (Wildman–Crippen MR) is 178 cm³/mol. The highest BCUT2D eigenvalue weighted by atomic mass is 32.2. The summed E-state index contributed by atoms with van der Waals surface area (Å²) in [4.78, 5) is 85.8. The molecule has 14 nitrogen and oxygen atoms in total. The summed E-state index contributed by atoms with van der Waals surface area (Å²) in [5.74, 6) is -3.19. The zero-order valence-corrected chi connectivity index (χ0v) is 28.6. The summed E-state index contributed by atoms with van der Waals surface area (Å²) in [5.41, 5.74) is 0.969. The lowest BCUT2D eigenvalue weighted by Crippen LogP contribution is -2.60. The molecule has 256 valence electrons. The van der Waals surface area contributed by atoms with Crippen LogP contribution >= 0.6 is 11.8 Å². The van der Waals surface area contributed by atoms with Crippen molar-refractivity contribution >= 4 is 47.2 Å². The third-order valence-corrected chi connectivity index (χ3v) is 8.32. The second kappa shape index (κ2) is 17.5. The minimum atomic E-state index is -1.06. The van der Waals surface area contributed by atoms with Gasteiger partial charge in [0, 0.05) is 19.8 Å². The smallest absolute Gasteiger partial charge is 0.274 e. The molecule has 1 aromatic carbocycles. The zero-order chi connectivity index (χ0) is 34.7. The van der Waals surface area contributed by atoms with Crippen LogP contribution in [0.4, 0.5) is 0 Å². The van der Waals surface area contributed by atoms with E-state index >= 15 is 0 Å². The minimum absolute atomic E-state index is 0.0769. The zero-order valence-electron chi connectivity index (χ0n) is 27.7. The Labute approximate surface area is 279 Å². The van der Waals surface area contributed by atoms with E-state index in [9.17, 15) is 28.8 Å². The SMILES string of the molecule is CSCC[C@@H]1NC(=O)[C@H](C(C)C)NC(=O)[C@@H](C)NC(=O)CN(C(=O)c2cn(C)cn2)C[C@@H](Cc2ccccc2)NC(=O)[C@H](C)NC1=O. The first-order chi connectivity index (χ1) is 22.3. The second-order valence-corrected chi connectivity index (χ2v) is 13.1. The first-order valence-electron chi connectivity index (χ1n) is 15.6. The molecule has 1 aliphatic heterocycles. The van der Waals surface area contributed by atoms with Gasteiger partial charge in [0.25, 0.3) is 5.91 Å². The van der Waals surface area contributed by atoms with Gasteiger partial charge in [0.1, 0.15) is 29.9 Å². The number of rotatable bonds is 7. The third kappa shape index (κ3) is 11.1. The number of hydrogen-bond acceptors (Lipinski definition) is 8. The van der Waals surface area contributed by atoms with E-state index in [0.717, 1.165) is 5.56 Å². The molecule has 0 bridgehead atoms. The number of amides is 6. The number of imidazole rings is 1. The van der Waals surface area contributed by atoms with Gasteiger partial charge in [0.2, 0.25) is 29.5 Å². The number of aromatic nitrogens is 2. The molecule has 6 amide bonds. The molecular weight excluding hydrogens is 624 g/mol. The van der Waals surface area contributed by atoms with Crippen LogP contribution in [-0.4, -0.2) is 105 Å². The molecular formula is C32H46N8O6S. The first kappa shape index (κ1) is 37.1. The van der Waals surface area contributed by atoms with Crippen LogP contribution in [0.25, 0.3) is 0 Å². The maximum Gasteiger partial charge on any atom is 0.274 e. The molecule has 15 heteroatoms. The minimum Gasteiger partial charge on any atom is -0.349 e. The van der Waals surface area contributed by atoms with E-state index in [4.69, 9.17) is 0 Å². The summed E-state index contributed by atoms with van der Waals surface area (Å²) in [6, 6.07) is 4.61. The second-order valence-electron chi connectivity index (χ2n) is 12.1. The number of hydrogen-bond donors (Lipinski definition) is 5. The lowest BCUT2D eigenvalue weighted by atomic mass is 10.0. The van der Waals surface area contributed by atoms with E-state index in [1.54, 1.807) is 25.5 Å². The van der Waals surface area contributed by atoms with Crippen molar-refractivity contribution in [3.8, 4) is 0 Å². The van der Waals surface area contributed by atoms with Crippen molar-refractivity contribution in [1.82, 2.24) is 41.0 Å². The molecule has 0 unspecified atom stereocenters. The van der Waals surface area contributed by atoms with Gasteiger partial charge in [-0.05, 0) is 50.2 Å². The molecule has 0 radical (unpaired) electrons. The van der Waals surface area contributed by atoms with Crippen molar-refractivity contribution in [3.05, 3.63) is 54.1 Å². The van der Waals surface area contributed by atoms with Crippen molar-refractivity contribution in [1.29, 1.82) is 0 Å².